The average Bonchev–Trinajstić information content (AvgIpc) is 2.92. The number of nitrogens with zero attached hydrogens (tertiary/aromatic N) is 2. The van der Waals surface area contributed by atoms with Crippen molar-refractivity contribution in [1.29, 1.82) is 0 Å². The number of allylic oxidation sites excluding steroid dienone is 2. The largest absolute Gasteiger partial charge is 0.521 e. The standard InChI is InChI=1S/C29H38F6N2O6Si/c1-7-36(8-2)21-15-16-22-24(17-21)43-27(39)23(25(22)29(33,34)35)14-12-13-20(6)26(38)37(18-28(30,31)32)19-44(40-9-3,41-10-4)42-11-5/h12-17H,7-11,18-19H2,1-6H3. The van der Waals surface area contributed by atoms with Crippen molar-refractivity contribution in [2.45, 2.75) is 53.9 Å². The molecule has 15 heteroatoms. The van der Waals surface area contributed by atoms with Crippen LogP contribution in [0.15, 0.2) is 45.1 Å². The Balaban J connectivity index is 2.55. The number of fused-ring (bicyclic) bond motifs is 1. The van der Waals surface area contributed by atoms with Crippen LogP contribution in [-0.2, 0) is 24.2 Å². The predicted molar refractivity (Wildman–Crippen MR) is 157 cm³/mol. The molecule has 1 aromatic heterocycles. The van der Waals surface area contributed by atoms with Crippen LogP contribution in [0.25, 0.3) is 17.0 Å². The van der Waals surface area contributed by atoms with Gasteiger partial charge in [-0.25, -0.2) is 4.79 Å². The first-order chi connectivity index (χ1) is 20.6. The van der Waals surface area contributed by atoms with Crippen molar-refractivity contribution < 1.29 is 48.8 Å². The molecule has 2 rings (SSSR count). The van der Waals surface area contributed by atoms with E-state index in [0.717, 1.165) is 18.2 Å². The van der Waals surface area contributed by atoms with E-state index >= 15 is 0 Å². The summed E-state index contributed by atoms with van der Waals surface area (Å²) in [5.41, 5.74) is -3.25. The fourth-order valence-electron chi connectivity index (χ4n) is 4.63. The topological polar surface area (TPSA) is 81.5 Å². The van der Waals surface area contributed by atoms with Crippen molar-refractivity contribution in [2.24, 2.45) is 0 Å². The molecule has 8 nitrogen and oxygen atoms in total. The molecular formula is C29H38F6N2O6Si. The second-order valence-electron chi connectivity index (χ2n) is 9.50. The molecule has 0 saturated heterocycles. The van der Waals surface area contributed by atoms with Gasteiger partial charge in [0.1, 0.15) is 12.1 Å². The summed E-state index contributed by atoms with van der Waals surface area (Å²) < 4.78 is 105. The molecule has 0 atom stereocenters. The van der Waals surface area contributed by atoms with E-state index in [1.807, 2.05) is 18.7 Å². The first kappa shape index (κ1) is 37.0. The van der Waals surface area contributed by atoms with Crippen molar-refractivity contribution in [3.8, 4) is 0 Å². The Bertz CT molecular complexity index is 1370. The van der Waals surface area contributed by atoms with Crippen LogP contribution in [0.3, 0.4) is 0 Å². The lowest BCUT2D eigenvalue weighted by atomic mass is 10.0. The number of alkyl halides is 6. The van der Waals surface area contributed by atoms with Crippen LogP contribution in [0.1, 0.15) is 52.7 Å². The molecule has 0 aliphatic rings. The molecule has 0 N–H and O–H groups in total. The van der Waals surface area contributed by atoms with E-state index in [9.17, 15) is 35.9 Å². The van der Waals surface area contributed by atoms with Crippen molar-refractivity contribution in [3.05, 3.63) is 57.5 Å². The Morgan fingerprint density at radius 3 is 2.00 bits per heavy atom. The average molecular weight is 653 g/mol. The maximum atomic E-state index is 14.2. The van der Waals surface area contributed by atoms with Gasteiger partial charge in [0, 0.05) is 55.6 Å². The number of hydrogen-bond acceptors (Lipinski definition) is 7. The predicted octanol–water partition coefficient (Wildman–Crippen LogP) is 6.60. The normalized spacial score (nSPS) is 13.2. The third-order valence-corrected chi connectivity index (χ3v) is 9.37. The van der Waals surface area contributed by atoms with Gasteiger partial charge in [0.25, 0.3) is 0 Å². The van der Waals surface area contributed by atoms with Gasteiger partial charge in [-0.05, 0) is 59.8 Å². The van der Waals surface area contributed by atoms with Gasteiger partial charge in [-0.2, -0.15) is 26.3 Å². The third-order valence-electron chi connectivity index (χ3n) is 6.42. The highest BCUT2D eigenvalue weighted by Gasteiger charge is 2.46. The summed E-state index contributed by atoms with van der Waals surface area (Å²) in [6.07, 6.45) is -7.53. The van der Waals surface area contributed by atoms with Gasteiger partial charge in [0.15, 0.2) is 0 Å². The Labute approximate surface area is 253 Å². The molecule has 0 aliphatic heterocycles. The Hall–Kier alpha value is -3.14. The van der Waals surface area contributed by atoms with Crippen molar-refractivity contribution in [1.82, 2.24) is 4.90 Å². The lowest BCUT2D eigenvalue weighted by Crippen LogP contribution is -2.58. The van der Waals surface area contributed by atoms with Crippen molar-refractivity contribution >= 4 is 37.4 Å². The summed E-state index contributed by atoms with van der Waals surface area (Å²) in [5, 5.41) is -0.343. The molecule has 1 amide bonds. The molecule has 0 aliphatic carbocycles. The fourth-order valence-corrected chi connectivity index (χ4v) is 7.19. The van der Waals surface area contributed by atoms with E-state index in [1.165, 1.54) is 25.1 Å². The van der Waals surface area contributed by atoms with E-state index < -0.39 is 56.5 Å². The molecule has 1 heterocycles. The van der Waals surface area contributed by atoms with Crippen LogP contribution in [0.4, 0.5) is 32.0 Å². The summed E-state index contributed by atoms with van der Waals surface area (Å²) >= 11 is 0. The number of rotatable bonds is 15. The number of carbonyl (C=O) groups excluding carboxylic acids is 1. The second kappa shape index (κ2) is 15.7. The van der Waals surface area contributed by atoms with E-state index in [-0.39, 0.29) is 36.4 Å². The molecule has 2 aromatic rings. The van der Waals surface area contributed by atoms with E-state index in [4.69, 9.17) is 17.7 Å². The van der Waals surface area contributed by atoms with Crippen molar-refractivity contribution in [3.63, 3.8) is 0 Å². The summed E-state index contributed by atoms with van der Waals surface area (Å²) in [5.74, 6) is -1.08. The summed E-state index contributed by atoms with van der Waals surface area (Å²) in [6, 6.07) is 4.07. The quantitative estimate of drug-likeness (QED) is 0.0706. The zero-order valence-corrected chi connectivity index (χ0v) is 26.5. The molecule has 0 bridgehead atoms. The molecule has 44 heavy (non-hydrogen) atoms. The maximum Gasteiger partial charge on any atom is 0.521 e. The van der Waals surface area contributed by atoms with Crippen LogP contribution in [0.5, 0.6) is 0 Å². The number of benzene rings is 1. The zero-order valence-electron chi connectivity index (χ0n) is 25.5. The number of halogens is 6. The van der Waals surface area contributed by atoms with Gasteiger partial charge in [0.05, 0.1) is 17.3 Å². The minimum atomic E-state index is -4.95. The van der Waals surface area contributed by atoms with Gasteiger partial charge in [-0.1, -0.05) is 12.2 Å². The van der Waals surface area contributed by atoms with Crippen LogP contribution < -0.4 is 10.5 Å². The lowest BCUT2D eigenvalue weighted by molar-refractivity contribution is -0.158. The van der Waals surface area contributed by atoms with Gasteiger partial charge >= 0.3 is 26.8 Å². The minimum absolute atomic E-state index is 0.0600. The highest BCUT2D eigenvalue weighted by Crippen LogP contribution is 2.38. The maximum absolute atomic E-state index is 14.2. The second-order valence-corrected chi connectivity index (χ2v) is 12.0. The summed E-state index contributed by atoms with van der Waals surface area (Å²) in [4.78, 5) is 28.3. The lowest BCUT2D eigenvalue weighted by Gasteiger charge is -2.34. The zero-order chi connectivity index (χ0) is 33.3. The van der Waals surface area contributed by atoms with Gasteiger partial charge in [-0.15, -0.1) is 0 Å². The highest BCUT2D eigenvalue weighted by atomic mass is 28.4. The smallest absolute Gasteiger partial charge is 0.422 e. The molecule has 1 aromatic carbocycles. The number of carbonyl (C=O) groups is 1. The molecular weight excluding hydrogens is 614 g/mol. The van der Waals surface area contributed by atoms with Crippen LogP contribution >= 0.6 is 0 Å². The minimum Gasteiger partial charge on any atom is -0.422 e. The molecule has 246 valence electrons. The number of amides is 1. The Kier molecular flexibility index (Phi) is 13.2. The monoisotopic (exact) mass is 652 g/mol. The fraction of sp³-hybridized carbons (Fsp3) is 0.517. The van der Waals surface area contributed by atoms with Gasteiger partial charge in [0.2, 0.25) is 5.91 Å². The van der Waals surface area contributed by atoms with Crippen molar-refractivity contribution in [2.75, 3.05) is 50.5 Å². The first-order valence-electron chi connectivity index (χ1n) is 14.1. The summed E-state index contributed by atoms with van der Waals surface area (Å²) in [7, 11) is -3.75. The highest BCUT2D eigenvalue weighted by molar-refractivity contribution is 6.61. The first-order valence-corrected chi connectivity index (χ1v) is 16.0. The van der Waals surface area contributed by atoms with Crippen LogP contribution in [0.2, 0.25) is 0 Å². The Morgan fingerprint density at radius 2 is 1.52 bits per heavy atom. The molecule has 0 fully saturated rings. The third kappa shape index (κ3) is 9.68. The van der Waals surface area contributed by atoms with E-state index in [1.54, 1.807) is 20.8 Å². The summed E-state index contributed by atoms with van der Waals surface area (Å²) in [6.45, 7) is 9.45. The van der Waals surface area contributed by atoms with Crippen LogP contribution in [-0.4, -0.2) is 71.4 Å². The van der Waals surface area contributed by atoms with Gasteiger partial charge < -0.3 is 27.5 Å². The molecule has 0 unspecified atom stereocenters. The molecule has 0 radical (unpaired) electrons. The van der Waals surface area contributed by atoms with Crippen LogP contribution in [0, 0.1) is 0 Å². The molecule has 0 saturated carbocycles. The number of anilines is 1. The SMILES string of the molecule is CCO[Si](CN(CC(F)(F)F)C(=O)C(C)=CC=Cc1c(C(F)(F)F)c2ccc(N(CC)CC)cc2oc1=O)(OCC)OCC. The van der Waals surface area contributed by atoms with E-state index in [0.29, 0.717) is 23.7 Å². The van der Waals surface area contributed by atoms with E-state index in [2.05, 4.69) is 0 Å². The number of hydrogen-bond donors (Lipinski definition) is 0. The molecule has 0 spiro atoms. The Morgan fingerprint density at radius 1 is 0.955 bits per heavy atom. The van der Waals surface area contributed by atoms with Gasteiger partial charge in [-0.3, -0.25) is 4.79 Å².